The minimum absolute atomic E-state index is 0.352. The van der Waals surface area contributed by atoms with Gasteiger partial charge in [-0.2, -0.15) is 0 Å². The first-order chi connectivity index (χ1) is 10.9. The summed E-state index contributed by atoms with van der Waals surface area (Å²) in [5.41, 5.74) is 0. The Morgan fingerprint density at radius 3 is 2.50 bits per heavy atom. The van der Waals surface area contributed by atoms with Gasteiger partial charge in [0.05, 0.1) is 6.04 Å². The second-order valence-corrected chi connectivity index (χ2v) is 5.97. The van der Waals surface area contributed by atoms with Crippen molar-refractivity contribution in [1.29, 1.82) is 0 Å². The van der Waals surface area contributed by atoms with Crippen molar-refractivity contribution in [2.24, 2.45) is 5.92 Å². The number of hydrogen-bond donors (Lipinski definition) is 0. The van der Waals surface area contributed by atoms with Gasteiger partial charge in [-0.1, -0.05) is 0 Å². The van der Waals surface area contributed by atoms with Crippen molar-refractivity contribution in [3.8, 4) is 17.5 Å². The molecule has 1 aromatic heterocycles. The highest BCUT2D eigenvalue weighted by atomic mass is 16.5. The smallest absolute Gasteiger partial charge is 0.321 e. The van der Waals surface area contributed by atoms with Crippen molar-refractivity contribution in [3.05, 3.63) is 42.7 Å². The van der Waals surface area contributed by atoms with Gasteiger partial charge in [0.15, 0.2) is 0 Å². The molecule has 2 heterocycles. The summed E-state index contributed by atoms with van der Waals surface area (Å²) in [5.74, 6) is 2.54. The second-order valence-electron chi connectivity index (χ2n) is 5.97. The molecular formula is C17H19N3O2. The van der Waals surface area contributed by atoms with Crippen LogP contribution in [0.4, 0.5) is 0 Å². The van der Waals surface area contributed by atoms with Gasteiger partial charge in [-0.25, -0.2) is 9.97 Å². The first-order valence-corrected chi connectivity index (χ1v) is 7.78. The Balaban J connectivity index is 1.25. The predicted octanol–water partition coefficient (Wildman–Crippen LogP) is 2.74. The van der Waals surface area contributed by atoms with Crippen LogP contribution in [-0.2, 0) is 0 Å². The number of hydrogen-bond acceptors (Lipinski definition) is 5. The van der Waals surface area contributed by atoms with Crippen molar-refractivity contribution < 1.29 is 9.47 Å². The molecule has 0 bridgehead atoms. The summed E-state index contributed by atoms with van der Waals surface area (Å²) in [6, 6.07) is 10.3. The Morgan fingerprint density at radius 2 is 1.77 bits per heavy atom. The summed E-state index contributed by atoms with van der Waals surface area (Å²) in [6.07, 6.45) is 6.14. The van der Waals surface area contributed by atoms with Gasteiger partial charge in [0.25, 0.3) is 0 Å². The Morgan fingerprint density at radius 1 is 1.05 bits per heavy atom. The van der Waals surface area contributed by atoms with Gasteiger partial charge in [-0.05, 0) is 49.1 Å². The lowest BCUT2D eigenvalue weighted by Crippen LogP contribution is -2.12. The third kappa shape index (κ3) is 3.54. The summed E-state index contributed by atoms with van der Waals surface area (Å²) in [6.45, 7) is 3.22. The van der Waals surface area contributed by atoms with E-state index >= 15 is 0 Å². The average molecular weight is 297 g/mol. The fraction of sp³-hybridized carbons (Fsp3) is 0.412. The van der Waals surface area contributed by atoms with Crippen molar-refractivity contribution in [2.75, 3.05) is 19.7 Å². The van der Waals surface area contributed by atoms with Crippen LogP contribution in [0.2, 0.25) is 0 Å². The molecular weight excluding hydrogens is 278 g/mol. The molecule has 2 aromatic rings. The second kappa shape index (κ2) is 5.93. The van der Waals surface area contributed by atoms with Crippen LogP contribution >= 0.6 is 0 Å². The molecule has 1 saturated heterocycles. The summed E-state index contributed by atoms with van der Waals surface area (Å²) >= 11 is 0. The molecule has 2 aliphatic rings. The summed E-state index contributed by atoms with van der Waals surface area (Å²) in [5, 5.41) is 0. The minimum Gasteiger partial charge on any atom is -0.492 e. The monoisotopic (exact) mass is 297 g/mol. The molecule has 1 aromatic carbocycles. The van der Waals surface area contributed by atoms with E-state index in [0.29, 0.717) is 17.8 Å². The van der Waals surface area contributed by atoms with E-state index in [1.165, 1.54) is 25.9 Å². The Hall–Kier alpha value is -2.14. The van der Waals surface area contributed by atoms with E-state index in [9.17, 15) is 0 Å². The van der Waals surface area contributed by atoms with Crippen molar-refractivity contribution in [3.63, 3.8) is 0 Å². The molecule has 5 heteroatoms. The van der Waals surface area contributed by atoms with Gasteiger partial charge in [0, 0.05) is 25.5 Å². The van der Waals surface area contributed by atoms with Crippen LogP contribution in [0, 0.1) is 5.92 Å². The van der Waals surface area contributed by atoms with Crippen LogP contribution < -0.4 is 9.47 Å². The lowest BCUT2D eigenvalue weighted by molar-refractivity contribution is 0.291. The molecule has 2 atom stereocenters. The first kappa shape index (κ1) is 13.5. The van der Waals surface area contributed by atoms with Gasteiger partial charge in [-0.3, -0.25) is 4.90 Å². The Bertz CT molecular complexity index is 614. The first-order valence-electron chi connectivity index (χ1n) is 7.78. The van der Waals surface area contributed by atoms with Crippen molar-refractivity contribution in [1.82, 2.24) is 14.9 Å². The highest BCUT2D eigenvalue weighted by Gasteiger charge is 2.38. The molecule has 0 spiro atoms. The number of ether oxygens (including phenoxy) is 2. The van der Waals surface area contributed by atoms with Crippen molar-refractivity contribution in [2.45, 2.75) is 18.9 Å². The zero-order valence-corrected chi connectivity index (χ0v) is 12.4. The SMILES string of the molecule is c1cnc(Oc2ccc(OCC3CN3CC3CC3)cc2)nc1. The molecule has 5 nitrogen and oxygen atoms in total. The average Bonchev–Trinajstić information content (AvgIpc) is 3.47. The number of nitrogens with zero attached hydrogens (tertiary/aromatic N) is 3. The predicted molar refractivity (Wildman–Crippen MR) is 82.1 cm³/mol. The van der Waals surface area contributed by atoms with E-state index in [4.69, 9.17) is 9.47 Å². The quantitative estimate of drug-likeness (QED) is 0.735. The molecule has 0 N–H and O–H groups in total. The van der Waals surface area contributed by atoms with E-state index in [1.54, 1.807) is 18.5 Å². The molecule has 1 saturated carbocycles. The standard InChI is InChI=1S/C17H19N3O2/c1-8-18-17(19-9-1)22-16-6-4-15(5-7-16)21-12-14-11-20(14)10-13-2-3-13/h1,4-9,13-14H,2-3,10-12H2. The van der Waals surface area contributed by atoms with Crippen LogP contribution in [0.25, 0.3) is 0 Å². The number of rotatable bonds is 7. The van der Waals surface area contributed by atoms with Gasteiger partial charge in [0.1, 0.15) is 18.1 Å². The molecule has 1 aliphatic heterocycles. The van der Waals surface area contributed by atoms with Gasteiger partial charge in [0.2, 0.25) is 0 Å². The third-order valence-corrected chi connectivity index (χ3v) is 4.04. The topological polar surface area (TPSA) is 47.2 Å². The molecule has 1 aliphatic carbocycles. The van der Waals surface area contributed by atoms with Gasteiger partial charge >= 0.3 is 6.01 Å². The fourth-order valence-corrected chi connectivity index (χ4v) is 2.48. The summed E-state index contributed by atoms with van der Waals surface area (Å²) < 4.78 is 11.4. The van der Waals surface area contributed by atoms with Crippen LogP contribution in [0.15, 0.2) is 42.7 Å². The van der Waals surface area contributed by atoms with Crippen LogP contribution in [0.3, 0.4) is 0 Å². The molecule has 22 heavy (non-hydrogen) atoms. The molecule has 114 valence electrons. The summed E-state index contributed by atoms with van der Waals surface area (Å²) in [4.78, 5) is 10.6. The highest BCUT2D eigenvalue weighted by Crippen LogP contribution is 2.33. The van der Waals surface area contributed by atoms with Gasteiger partial charge < -0.3 is 9.47 Å². The highest BCUT2D eigenvalue weighted by molar-refractivity contribution is 5.32. The van der Waals surface area contributed by atoms with E-state index in [2.05, 4.69) is 14.9 Å². The molecule has 0 radical (unpaired) electrons. The van der Waals surface area contributed by atoms with E-state index < -0.39 is 0 Å². The van der Waals surface area contributed by atoms with E-state index in [0.717, 1.165) is 18.3 Å². The normalized spacial score (nSPS) is 23.1. The van der Waals surface area contributed by atoms with Crippen molar-refractivity contribution >= 4 is 0 Å². The Labute approximate surface area is 129 Å². The number of benzene rings is 1. The maximum absolute atomic E-state index is 5.84. The number of aromatic nitrogens is 2. The zero-order chi connectivity index (χ0) is 14.8. The largest absolute Gasteiger partial charge is 0.492 e. The maximum atomic E-state index is 5.84. The molecule has 4 rings (SSSR count). The van der Waals surface area contributed by atoms with Crippen LogP contribution in [-0.4, -0.2) is 40.6 Å². The lowest BCUT2D eigenvalue weighted by Gasteiger charge is -2.08. The van der Waals surface area contributed by atoms with E-state index in [-0.39, 0.29) is 0 Å². The zero-order valence-electron chi connectivity index (χ0n) is 12.4. The van der Waals surface area contributed by atoms with E-state index in [1.807, 2.05) is 24.3 Å². The van der Waals surface area contributed by atoms with Crippen LogP contribution in [0.5, 0.6) is 17.5 Å². The summed E-state index contributed by atoms with van der Waals surface area (Å²) in [7, 11) is 0. The van der Waals surface area contributed by atoms with Crippen LogP contribution in [0.1, 0.15) is 12.8 Å². The van der Waals surface area contributed by atoms with Gasteiger partial charge in [-0.15, -0.1) is 0 Å². The molecule has 2 unspecified atom stereocenters. The molecule has 2 fully saturated rings. The molecule has 0 amide bonds. The third-order valence-electron chi connectivity index (χ3n) is 4.04. The fourth-order valence-electron chi connectivity index (χ4n) is 2.48. The maximum Gasteiger partial charge on any atom is 0.321 e. The lowest BCUT2D eigenvalue weighted by atomic mass is 10.3. The minimum atomic E-state index is 0.352. The Kier molecular flexibility index (Phi) is 3.64.